The maximum absolute atomic E-state index is 4.45. The molecule has 0 aliphatic rings. The Morgan fingerprint density at radius 3 is 1.96 bits per heavy atom. The number of nitrogens with zero attached hydrogens (tertiary/aromatic N) is 1. The lowest BCUT2D eigenvalue weighted by Gasteiger charge is -2.12. The van der Waals surface area contributed by atoms with E-state index in [2.05, 4.69) is 95.2 Å². The summed E-state index contributed by atoms with van der Waals surface area (Å²) in [6, 6.07) is 30.0. The van der Waals surface area contributed by atoms with Gasteiger partial charge < -0.3 is 5.32 Å². The molecule has 0 saturated carbocycles. The van der Waals surface area contributed by atoms with Gasteiger partial charge in [0.05, 0.1) is 0 Å². The second kappa shape index (κ2) is 8.28. The molecular weight excluding hydrogens is 348 g/mol. The number of amidine groups is 1. The van der Waals surface area contributed by atoms with Gasteiger partial charge in [0.25, 0.3) is 0 Å². The van der Waals surface area contributed by atoms with Crippen molar-refractivity contribution < 1.29 is 0 Å². The van der Waals surface area contributed by atoms with Crippen molar-refractivity contribution in [1.29, 1.82) is 0 Å². The third-order valence-electron chi connectivity index (χ3n) is 4.76. The van der Waals surface area contributed by atoms with Crippen molar-refractivity contribution in [3.05, 3.63) is 96.1 Å². The number of benzene rings is 4. The molecule has 0 aliphatic carbocycles. The lowest BCUT2D eigenvalue weighted by Crippen LogP contribution is -2.20. The van der Waals surface area contributed by atoms with Gasteiger partial charge in [0, 0.05) is 19.3 Å². The summed E-state index contributed by atoms with van der Waals surface area (Å²) in [5.41, 5.74) is 2.63. The largest absolute Gasteiger partial charge is 0.361 e. The van der Waals surface area contributed by atoms with Crippen LogP contribution in [0.25, 0.3) is 21.5 Å². The van der Waals surface area contributed by atoms with Crippen LogP contribution in [0.4, 0.5) is 0 Å². The Hall–Kier alpha value is -2.78. The van der Waals surface area contributed by atoms with Crippen LogP contribution in [0, 0.1) is 0 Å². The quantitative estimate of drug-likeness (QED) is 0.352. The van der Waals surface area contributed by atoms with E-state index >= 15 is 0 Å². The molecule has 1 N–H and O–H groups in total. The van der Waals surface area contributed by atoms with E-state index in [0.717, 1.165) is 17.5 Å². The fourth-order valence-corrected chi connectivity index (χ4v) is 4.22. The van der Waals surface area contributed by atoms with Gasteiger partial charge >= 0.3 is 0 Å². The monoisotopic (exact) mass is 370 g/mol. The first kappa shape index (κ1) is 17.6. The summed E-state index contributed by atoms with van der Waals surface area (Å²) in [6.07, 6.45) is 0. The second-order valence-electron chi connectivity index (χ2n) is 6.45. The molecule has 0 atom stereocenters. The fourth-order valence-electron chi connectivity index (χ4n) is 3.38. The number of nitrogens with one attached hydrogen (secondary N) is 1. The number of thioether (sulfide) groups is 1. The molecule has 0 amide bonds. The summed E-state index contributed by atoms with van der Waals surface area (Å²) < 4.78 is 0. The number of hydrogen-bond acceptors (Lipinski definition) is 2. The zero-order valence-corrected chi connectivity index (χ0v) is 16.2. The maximum Gasteiger partial charge on any atom is 0.156 e. The predicted molar refractivity (Wildman–Crippen MR) is 119 cm³/mol. The highest BCUT2D eigenvalue weighted by Crippen LogP contribution is 2.23. The second-order valence-corrected chi connectivity index (χ2v) is 7.41. The van der Waals surface area contributed by atoms with Crippen LogP contribution in [0.5, 0.6) is 0 Å². The van der Waals surface area contributed by atoms with Gasteiger partial charge in [-0.25, -0.2) is 0 Å². The molecule has 4 aromatic rings. The highest BCUT2D eigenvalue weighted by atomic mass is 32.2. The summed E-state index contributed by atoms with van der Waals surface area (Å²) in [6.45, 7) is 0.774. The Kier molecular flexibility index (Phi) is 5.40. The molecule has 0 aliphatic heterocycles. The topological polar surface area (TPSA) is 24.4 Å². The van der Waals surface area contributed by atoms with Gasteiger partial charge in [-0.3, -0.25) is 4.99 Å². The number of rotatable bonds is 4. The highest BCUT2D eigenvalue weighted by Gasteiger charge is 2.06. The molecular formula is C24H22N2S. The van der Waals surface area contributed by atoms with Crippen LogP contribution in [0.2, 0.25) is 0 Å². The lowest BCUT2D eigenvalue weighted by atomic mass is 10.0. The maximum atomic E-state index is 4.45. The SMILES string of the molecule is CN=C(NCc1cccc2ccccc12)SCc1cccc2ccccc12. The van der Waals surface area contributed by atoms with Crippen molar-refractivity contribution in [2.45, 2.75) is 12.3 Å². The van der Waals surface area contributed by atoms with Gasteiger partial charge in [-0.05, 0) is 32.7 Å². The Labute approximate surface area is 164 Å². The van der Waals surface area contributed by atoms with Crippen molar-refractivity contribution in [1.82, 2.24) is 5.32 Å². The third-order valence-corrected chi connectivity index (χ3v) is 5.81. The van der Waals surface area contributed by atoms with Gasteiger partial charge in [0.2, 0.25) is 0 Å². The van der Waals surface area contributed by atoms with E-state index in [-0.39, 0.29) is 0 Å². The van der Waals surface area contributed by atoms with Crippen LogP contribution in [-0.2, 0) is 12.3 Å². The van der Waals surface area contributed by atoms with E-state index in [1.54, 1.807) is 11.8 Å². The molecule has 0 heterocycles. The number of fused-ring (bicyclic) bond motifs is 2. The number of hydrogen-bond donors (Lipinski definition) is 1. The molecule has 0 aromatic heterocycles. The zero-order valence-electron chi connectivity index (χ0n) is 15.4. The van der Waals surface area contributed by atoms with Crippen LogP contribution < -0.4 is 5.32 Å². The van der Waals surface area contributed by atoms with E-state index in [1.807, 2.05) is 7.05 Å². The normalized spacial score (nSPS) is 11.8. The van der Waals surface area contributed by atoms with Gasteiger partial charge in [-0.2, -0.15) is 0 Å². The molecule has 134 valence electrons. The summed E-state index contributed by atoms with van der Waals surface area (Å²) in [5, 5.41) is 9.65. The zero-order chi connectivity index (χ0) is 18.5. The van der Waals surface area contributed by atoms with Crippen LogP contribution in [-0.4, -0.2) is 12.2 Å². The molecule has 0 bridgehead atoms. The molecule has 4 aromatic carbocycles. The summed E-state index contributed by atoms with van der Waals surface area (Å²) in [5.74, 6) is 0.899. The van der Waals surface area contributed by atoms with Gasteiger partial charge in [-0.1, -0.05) is 96.7 Å². The van der Waals surface area contributed by atoms with E-state index < -0.39 is 0 Å². The van der Waals surface area contributed by atoms with Gasteiger partial charge in [0.1, 0.15) is 0 Å². The Balaban J connectivity index is 1.45. The van der Waals surface area contributed by atoms with Gasteiger partial charge in [0.15, 0.2) is 5.17 Å². The summed E-state index contributed by atoms with van der Waals surface area (Å²) >= 11 is 1.75. The van der Waals surface area contributed by atoms with Crippen molar-refractivity contribution in [3.8, 4) is 0 Å². The lowest BCUT2D eigenvalue weighted by molar-refractivity contribution is 0.933. The third kappa shape index (κ3) is 3.99. The predicted octanol–water partition coefficient (Wildman–Crippen LogP) is 6.00. The first-order chi connectivity index (χ1) is 13.3. The molecule has 0 saturated heterocycles. The minimum absolute atomic E-state index is 0.774. The molecule has 27 heavy (non-hydrogen) atoms. The summed E-state index contributed by atoms with van der Waals surface area (Å²) in [7, 11) is 1.85. The van der Waals surface area contributed by atoms with E-state index in [1.165, 1.54) is 32.7 Å². The Morgan fingerprint density at radius 1 is 0.741 bits per heavy atom. The fraction of sp³-hybridized carbons (Fsp3) is 0.125. The van der Waals surface area contributed by atoms with Crippen LogP contribution in [0.15, 0.2) is 89.9 Å². The minimum atomic E-state index is 0.774. The molecule has 3 heteroatoms. The van der Waals surface area contributed by atoms with E-state index in [9.17, 15) is 0 Å². The molecule has 0 fully saturated rings. The van der Waals surface area contributed by atoms with Crippen LogP contribution in [0.3, 0.4) is 0 Å². The van der Waals surface area contributed by atoms with Crippen molar-refractivity contribution in [2.75, 3.05) is 7.05 Å². The van der Waals surface area contributed by atoms with Crippen LogP contribution in [0.1, 0.15) is 11.1 Å². The molecule has 0 radical (unpaired) electrons. The molecule has 4 rings (SSSR count). The molecule has 2 nitrogen and oxygen atoms in total. The van der Waals surface area contributed by atoms with Gasteiger partial charge in [-0.15, -0.1) is 0 Å². The van der Waals surface area contributed by atoms with Crippen LogP contribution >= 0.6 is 11.8 Å². The first-order valence-electron chi connectivity index (χ1n) is 9.12. The standard InChI is InChI=1S/C24H22N2S/c1-25-24(26-16-20-12-6-10-18-8-2-4-14-22(18)20)27-17-21-13-7-11-19-9-3-5-15-23(19)21/h2-15H,16-17H2,1H3,(H,25,26). The van der Waals surface area contributed by atoms with Crippen molar-refractivity contribution in [3.63, 3.8) is 0 Å². The average Bonchev–Trinajstić information content (AvgIpc) is 2.74. The highest BCUT2D eigenvalue weighted by molar-refractivity contribution is 8.13. The van der Waals surface area contributed by atoms with Crippen molar-refractivity contribution >= 4 is 38.5 Å². The molecule has 0 unspecified atom stereocenters. The number of aliphatic imine (C=N–C) groups is 1. The average molecular weight is 371 g/mol. The Morgan fingerprint density at radius 2 is 1.30 bits per heavy atom. The van der Waals surface area contributed by atoms with E-state index in [0.29, 0.717) is 0 Å². The van der Waals surface area contributed by atoms with Crippen molar-refractivity contribution in [2.24, 2.45) is 4.99 Å². The summed E-state index contributed by atoms with van der Waals surface area (Å²) in [4.78, 5) is 4.45. The smallest absolute Gasteiger partial charge is 0.156 e. The minimum Gasteiger partial charge on any atom is -0.361 e. The molecule has 0 spiro atoms. The Bertz CT molecular complexity index is 1010. The first-order valence-corrected chi connectivity index (χ1v) is 10.1. The van der Waals surface area contributed by atoms with E-state index in [4.69, 9.17) is 0 Å².